The molecular formula is C19H21N3O3. The molecule has 3 rings (SSSR count). The Bertz CT molecular complexity index is 736. The van der Waals surface area contributed by atoms with Crippen LogP contribution in [0, 0.1) is 0 Å². The van der Waals surface area contributed by atoms with Crippen molar-refractivity contribution in [2.45, 2.75) is 31.8 Å². The zero-order chi connectivity index (χ0) is 17.6. The molecule has 0 atom stereocenters. The van der Waals surface area contributed by atoms with Crippen LogP contribution in [-0.4, -0.2) is 18.0 Å². The number of nitrogens with one attached hydrogen (secondary N) is 2. The monoisotopic (exact) mass is 339 g/mol. The topological polar surface area (TPSA) is 93.5 Å². The van der Waals surface area contributed by atoms with Gasteiger partial charge < -0.3 is 21.1 Å². The Hall–Kier alpha value is -3.02. The zero-order valence-electron chi connectivity index (χ0n) is 13.8. The highest BCUT2D eigenvalue weighted by Crippen LogP contribution is 2.25. The Morgan fingerprint density at radius 2 is 1.44 bits per heavy atom. The van der Waals surface area contributed by atoms with E-state index in [1.165, 1.54) is 12.8 Å². The Balaban J connectivity index is 1.57. The number of hydrogen-bond donors (Lipinski definition) is 3. The summed E-state index contributed by atoms with van der Waals surface area (Å²) in [5.74, 6) is 0.599. The smallest absolute Gasteiger partial charge is 0.316 e. The summed E-state index contributed by atoms with van der Waals surface area (Å²) in [6.07, 6.45) is 4.99. The minimum Gasteiger partial charge on any atom is -0.490 e. The van der Waals surface area contributed by atoms with E-state index < -0.39 is 6.03 Å². The van der Waals surface area contributed by atoms with Crippen molar-refractivity contribution in [3.05, 3.63) is 54.1 Å². The van der Waals surface area contributed by atoms with Gasteiger partial charge in [-0.05, 0) is 74.2 Å². The minimum atomic E-state index is -0.642. The van der Waals surface area contributed by atoms with Crippen molar-refractivity contribution in [2.75, 3.05) is 10.6 Å². The van der Waals surface area contributed by atoms with Crippen LogP contribution in [0.25, 0.3) is 0 Å². The second-order valence-electron chi connectivity index (χ2n) is 6.07. The highest BCUT2D eigenvalue weighted by Gasteiger charge is 2.16. The average Bonchev–Trinajstić information content (AvgIpc) is 3.10. The predicted octanol–water partition coefficient (Wildman–Crippen LogP) is 3.75. The van der Waals surface area contributed by atoms with E-state index in [1.807, 2.05) is 24.3 Å². The van der Waals surface area contributed by atoms with Crippen LogP contribution in [0.3, 0.4) is 0 Å². The van der Waals surface area contributed by atoms with Gasteiger partial charge >= 0.3 is 6.03 Å². The molecule has 25 heavy (non-hydrogen) atoms. The quantitative estimate of drug-likeness (QED) is 0.774. The molecule has 0 heterocycles. The first-order valence-corrected chi connectivity index (χ1v) is 8.35. The third-order valence-corrected chi connectivity index (χ3v) is 4.13. The van der Waals surface area contributed by atoms with E-state index in [-0.39, 0.29) is 5.91 Å². The first-order chi connectivity index (χ1) is 12.1. The van der Waals surface area contributed by atoms with Crippen LogP contribution >= 0.6 is 0 Å². The number of benzene rings is 2. The number of carbonyl (C=O) groups is 2. The van der Waals surface area contributed by atoms with Gasteiger partial charge in [0.2, 0.25) is 0 Å². The van der Waals surface area contributed by atoms with Crippen molar-refractivity contribution in [1.82, 2.24) is 0 Å². The predicted molar refractivity (Wildman–Crippen MR) is 96.9 cm³/mol. The van der Waals surface area contributed by atoms with Gasteiger partial charge in [0, 0.05) is 16.9 Å². The van der Waals surface area contributed by atoms with Gasteiger partial charge in [0.05, 0.1) is 6.10 Å². The van der Waals surface area contributed by atoms with E-state index in [1.54, 1.807) is 24.3 Å². The molecule has 6 heteroatoms. The molecule has 1 aliphatic rings. The molecule has 4 N–H and O–H groups in total. The number of ether oxygens (including phenoxy) is 1. The van der Waals surface area contributed by atoms with Crippen molar-refractivity contribution in [3.63, 3.8) is 0 Å². The van der Waals surface area contributed by atoms with E-state index in [0.717, 1.165) is 18.6 Å². The average molecular weight is 339 g/mol. The van der Waals surface area contributed by atoms with E-state index >= 15 is 0 Å². The molecule has 0 saturated heterocycles. The molecule has 0 aliphatic heterocycles. The number of hydrogen-bond acceptors (Lipinski definition) is 3. The van der Waals surface area contributed by atoms with Crippen molar-refractivity contribution in [3.8, 4) is 5.75 Å². The molecule has 0 unspecified atom stereocenters. The number of amides is 3. The number of rotatable bonds is 5. The summed E-state index contributed by atoms with van der Waals surface area (Å²) >= 11 is 0. The molecule has 3 amide bonds. The third kappa shape index (κ3) is 4.73. The number of urea groups is 1. The highest BCUT2D eigenvalue weighted by molar-refractivity contribution is 6.04. The Morgan fingerprint density at radius 1 is 0.880 bits per heavy atom. The van der Waals surface area contributed by atoms with Gasteiger partial charge in [0.25, 0.3) is 5.91 Å². The number of primary amides is 1. The van der Waals surface area contributed by atoms with E-state index in [9.17, 15) is 9.59 Å². The SMILES string of the molecule is NC(=O)Nc1ccc(C(=O)Nc2ccc(OC3CCCC3)cc2)cc1. The summed E-state index contributed by atoms with van der Waals surface area (Å²) in [7, 11) is 0. The lowest BCUT2D eigenvalue weighted by Crippen LogP contribution is -2.19. The van der Waals surface area contributed by atoms with Gasteiger partial charge in [-0.1, -0.05) is 0 Å². The van der Waals surface area contributed by atoms with Crippen molar-refractivity contribution >= 4 is 23.3 Å². The van der Waals surface area contributed by atoms with Crippen molar-refractivity contribution in [2.24, 2.45) is 5.73 Å². The fourth-order valence-corrected chi connectivity index (χ4v) is 2.87. The van der Waals surface area contributed by atoms with Gasteiger partial charge in [-0.3, -0.25) is 4.79 Å². The number of anilines is 2. The Labute approximate surface area is 146 Å². The lowest BCUT2D eigenvalue weighted by Gasteiger charge is -2.13. The fourth-order valence-electron chi connectivity index (χ4n) is 2.87. The van der Waals surface area contributed by atoms with Crippen LogP contribution in [0.5, 0.6) is 5.75 Å². The molecule has 0 spiro atoms. The third-order valence-electron chi connectivity index (χ3n) is 4.13. The Morgan fingerprint density at radius 3 is 2.04 bits per heavy atom. The van der Waals surface area contributed by atoms with E-state index in [0.29, 0.717) is 23.0 Å². The second kappa shape index (κ2) is 7.70. The molecule has 6 nitrogen and oxygen atoms in total. The summed E-state index contributed by atoms with van der Waals surface area (Å²) in [5.41, 5.74) is 6.77. The fraction of sp³-hybridized carbons (Fsp3) is 0.263. The van der Waals surface area contributed by atoms with Gasteiger partial charge in [0.1, 0.15) is 5.75 Å². The highest BCUT2D eigenvalue weighted by atomic mass is 16.5. The first-order valence-electron chi connectivity index (χ1n) is 8.35. The Kier molecular flexibility index (Phi) is 5.18. The molecule has 1 saturated carbocycles. The molecule has 2 aromatic carbocycles. The zero-order valence-corrected chi connectivity index (χ0v) is 13.8. The lowest BCUT2D eigenvalue weighted by molar-refractivity contribution is 0.102. The molecule has 0 radical (unpaired) electrons. The van der Waals surface area contributed by atoms with Crippen molar-refractivity contribution < 1.29 is 14.3 Å². The van der Waals surface area contributed by atoms with Crippen LogP contribution in [0.2, 0.25) is 0 Å². The number of carbonyl (C=O) groups excluding carboxylic acids is 2. The minimum absolute atomic E-state index is 0.227. The first kappa shape index (κ1) is 16.8. The number of nitrogens with two attached hydrogens (primary N) is 1. The van der Waals surface area contributed by atoms with Crippen LogP contribution in [0.1, 0.15) is 36.0 Å². The van der Waals surface area contributed by atoms with Gasteiger partial charge in [-0.2, -0.15) is 0 Å². The summed E-state index contributed by atoms with van der Waals surface area (Å²) in [6, 6.07) is 13.2. The maximum atomic E-state index is 12.3. The second-order valence-corrected chi connectivity index (χ2v) is 6.07. The summed E-state index contributed by atoms with van der Waals surface area (Å²) in [6.45, 7) is 0. The van der Waals surface area contributed by atoms with Crippen molar-refractivity contribution in [1.29, 1.82) is 0 Å². The molecule has 1 aliphatic carbocycles. The summed E-state index contributed by atoms with van der Waals surface area (Å²) < 4.78 is 5.91. The normalized spacial score (nSPS) is 14.1. The molecule has 1 fully saturated rings. The van der Waals surface area contributed by atoms with E-state index in [4.69, 9.17) is 10.5 Å². The van der Waals surface area contributed by atoms with Gasteiger partial charge in [0.15, 0.2) is 0 Å². The molecule has 2 aromatic rings. The molecule has 0 bridgehead atoms. The van der Waals surface area contributed by atoms with Crippen LogP contribution < -0.4 is 21.1 Å². The van der Waals surface area contributed by atoms with Crippen LogP contribution in [0.4, 0.5) is 16.2 Å². The maximum Gasteiger partial charge on any atom is 0.316 e. The maximum absolute atomic E-state index is 12.3. The standard InChI is InChI=1S/C19H21N3O3/c20-19(24)22-15-7-5-13(6-8-15)18(23)21-14-9-11-17(12-10-14)25-16-3-1-2-4-16/h5-12,16H,1-4H2,(H,21,23)(H3,20,22,24). The summed E-state index contributed by atoms with van der Waals surface area (Å²) in [5, 5.41) is 5.28. The van der Waals surface area contributed by atoms with E-state index in [2.05, 4.69) is 10.6 Å². The molecule has 130 valence electrons. The van der Waals surface area contributed by atoms with Crippen LogP contribution in [0.15, 0.2) is 48.5 Å². The van der Waals surface area contributed by atoms with Gasteiger partial charge in [-0.25, -0.2) is 4.79 Å². The van der Waals surface area contributed by atoms with Crippen LogP contribution in [-0.2, 0) is 0 Å². The largest absolute Gasteiger partial charge is 0.490 e. The van der Waals surface area contributed by atoms with Gasteiger partial charge in [-0.15, -0.1) is 0 Å². The molecule has 0 aromatic heterocycles. The summed E-state index contributed by atoms with van der Waals surface area (Å²) in [4.78, 5) is 23.0. The molecular weight excluding hydrogens is 318 g/mol. The lowest BCUT2D eigenvalue weighted by atomic mass is 10.2.